The second-order valence-corrected chi connectivity index (χ2v) is 7.51. The zero-order valence-corrected chi connectivity index (χ0v) is 17.7. The summed E-state index contributed by atoms with van der Waals surface area (Å²) in [6.07, 6.45) is 4.98. The van der Waals surface area contributed by atoms with Crippen LogP contribution >= 0.6 is 11.6 Å². The number of hydrogen-bond acceptors (Lipinski definition) is 7. The van der Waals surface area contributed by atoms with E-state index in [4.69, 9.17) is 11.6 Å². The van der Waals surface area contributed by atoms with Crippen LogP contribution in [-0.4, -0.2) is 78.0 Å². The Morgan fingerprint density at radius 1 is 1.06 bits per heavy atom. The Morgan fingerprint density at radius 3 is 2.42 bits per heavy atom. The van der Waals surface area contributed by atoms with Crippen molar-refractivity contribution in [1.29, 1.82) is 0 Å². The minimum Gasteiger partial charge on any atom is -0.337 e. The lowest BCUT2D eigenvalue weighted by atomic mass is 10.2. The van der Waals surface area contributed by atoms with Crippen LogP contribution in [0.3, 0.4) is 0 Å². The third-order valence-electron chi connectivity index (χ3n) is 5.14. The van der Waals surface area contributed by atoms with E-state index in [9.17, 15) is 9.59 Å². The normalized spacial score (nSPS) is 15.0. The maximum Gasteiger partial charge on any atom is 0.274 e. The number of halogens is 1. The monoisotopic (exact) mass is 440 g/mol. The van der Waals surface area contributed by atoms with Crippen LogP contribution in [-0.2, 0) is 4.79 Å². The van der Waals surface area contributed by atoms with Crippen LogP contribution in [0.5, 0.6) is 0 Å². The highest BCUT2D eigenvalue weighted by molar-refractivity contribution is 6.30. The van der Waals surface area contributed by atoms with Crippen molar-refractivity contribution >= 4 is 23.4 Å². The van der Waals surface area contributed by atoms with Crippen LogP contribution in [0.2, 0.25) is 5.02 Å². The maximum atomic E-state index is 13.1. The highest BCUT2D eigenvalue weighted by Crippen LogP contribution is 2.20. The van der Waals surface area contributed by atoms with Crippen LogP contribution in [0, 0.1) is 0 Å². The fourth-order valence-electron chi connectivity index (χ4n) is 3.42. The molecule has 1 unspecified atom stereocenters. The molecule has 1 fully saturated rings. The van der Waals surface area contributed by atoms with Gasteiger partial charge in [0.1, 0.15) is 5.69 Å². The van der Waals surface area contributed by atoms with Gasteiger partial charge in [0.25, 0.3) is 5.91 Å². The van der Waals surface area contributed by atoms with Crippen LogP contribution < -0.4 is 0 Å². The molecule has 0 N–H and O–H groups in total. The summed E-state index contributed by atoms with van der Waals surface area (Å²) in [5.74, 6) is 0.161. The summed E-state index contributed by atoms with van der Waals surface area (Å²) in [5.41, 5.74) is 1.07. The highest BCUT2D eigenvalue weighted by Gasteiger charge is 2.31. The van der Waals surface area contributed by atoms with Crippen molar-refractivity contribution in [3.8, 4) is 11.4 Å². The average molecular weight is 441 g/mol. The van der Waals surface area contributed by atoms with Gasteiger partial charge in [-0.05, 0) is 35.9 Å². The van der Waals surface area contributed by atoms with Gasteiger partial charge < -0.3 is 9.80 Å². The van der Waals surface area contributed by atoms with E-state index in [1.165, 1.54) is 23.4 Å². The van der Waals surface area contributed by atoms with Gasteiger partial charge in [0.2, 0.25) is 11.7 Å². The number of hydrogen-bond donors (Lipinski definition) is 0. The number of aromatic nitrogens is 6. The van der Waals surface area contributed by atoms with Crippen molar-refractivity contribution in [2.24, 2.45) is 0 Å². The van der Waals surface area contributed by atoms with Crippen LogP contribution in [0.25, 0.3) is 11.4 Å². The van der Waals surface area contributed by atoms with Gasteiger partial charge in [-0.15, -0.1) is 10.2 Å². The van der Waals surface area contributed by atoms with E-state index in [0.29, 0.717) is 49.1 Å². The lowest BCUT2D eigenvalue weighted by Gasteiger charge is -2.35. The number of benzene rings is 1. The number of nitrogens with zero attached hydrogens (tertiary/aromatic N) is 8. The molecule has 1 aliphatic rings. The van der Waals surface area contributed by atoms with Crippen molar-refractivity contribution in [3.05, 3.63) is 53.6 Å². The predicted octanol–water partition coefficient (Wildman–Crippen LogP) is 1.72. The fraction of sp³-hybridized carbons (Fsp3) is 0.350. The first-order chi connectivity index (χ1) is 15.1. The molecule has 2 amide bonds. The molecule has 1 aromatic carbocycles. The van der Waals surface area contributed by atoms with Gasteiger partial charge in [-0.1, -0.05) is 18.5 Å². The summed E-state index contributed by atoms with van der Waals surface area (Å²) in [4.78, 5) is 38.4. The third kappa shape index (κ3) is 4.53. The molecule has 3 heterocycles. The summed E-state index contributed by atoms with van der Waals surface area (Å²) < 4.78 is 0. The minimum absolute atomic E-state index is 0.0887. The second kappa shape index (κ2) is 9.17. The first-order valence-electron chi connectivity index (χ1n) is 9.96. The molecular formula is C20H21ClN8O2. The van der Waals surface area contributed by atoms with Gasteiger partial charge in [0.15, 0.2) is 6.04 Å². The van der Waals surface area contributed by atoms with E-state index in [-0.39, 0.29) is 11.8 Å². The molecule has 2 aromatic heterocycles. The van der Waals surface area contributed by atoms with E-state index < -0.39 is 6.04 Å². The van der Waals surface area contributed by atoms with Crippen molar-refractivity contribution in [2.45, 2.75) is 19.4 Å². The molecule has 0 aliphatic carbocycles. The van der Waals surface area contributed by atoms with E-state index >= 15 is 0 Å². The predicted molar refractivity (Wildman–Crippen MR) is 112 cm³/mol. The van der Waals surface area contributed by atoms with E-state index in [1.54, 1.807) is 34.1 Å². The number of amides is 2. The molecule has 1 atom stereocenters. The standard InChI is InChI=1S/C20H21ClN8O2/c1-2-17(29-25-18(24-26-29)14-3-5-15(21)6-4-14)20(31)28-11-9-27(10-12-28)19(30)16-13-22-7-8-23-16/h3-8,13,17H,2,9-12H2,1H3. The SMILES string of the molecule is CCC(C(=O)N1CCN(C(=O)c2cnccn2)CC1)n1nnc(-c2ccc(Cl)cc2)n1. The quantitative estimate of drug-likeness (QED) is 0.594. The highest BCUT2D eigenvalue weighted by atomic mass is 35.5. The Hall–Kier alpha value is -3.40. The first kappa shape index (κ1) is 20.9. The van der Waals surface area contributed by atoms with Gasteiger partial charge in [0.05, 0.1) is 6.20 Å². The van der Waals surface area contributed by atoms with Crippen LogP contribution in [0.1, 0.15) is 29.9 Å². The molecular weight excluding hydrogens is 420 g/mol. The van der Waals surface area contributed by atoms with Gasteiger partial charge in [0, 0.05) is 49.2 Å². The molecule has 0 saturated carbocycles. The molecule has 0 bridgehead atoms. The van der Waals surface area contributed by atoms with Crippen molar-refractivity contribution in [1.82, 2.24) is 40.0 Å². The van der Waals surface area contributed by atoms with Crippen molar-refractivity contribution in [3.63, 3.8) is 0 Å². The summed E-state index contributed by atoms with van der Waals surface area (Å²) >= 11 is 5.93. The molecule has 0 spiro atoms. The molecule has 31 heavy (non-hydrogen) atoms. The van der Waals surface area contributed by atoms with Crippen molar-refractivity contribution < 1.29 is 9.59 Å². The van der Waals surface area contributed by atoms with Gasteiger partial charge in [-0.25, -0.2) is 4.98 Å². The average Bonchev–Trinajstić information content (AvgIpc) is 3.30. The molecule has 1 aliphatic heterocycles. The number of rotatable bonds is 5. The molecule has 3 aromatic rings. The maximum absolute atomic E-state index is 13.1. The fourth-order valence-corrected chi connectivity index (χ4v) is 3.55. The molecule has 10 nitrogen and oxygen atoms in total. The van der Waals surface area contributed by atoms with E-state index in [1.807, 2.05) is 6.92 Å². The largest absolute Gasteiger partial charge is 0.337 e. The Balaban J connectivity index is 1.41. The topological polar surface area (TPSA) is 110 Å². The van der Waals surface area contributed by atoms with Crippen LogP contribution in [0.15, 0.2) is 42.9 Å². The third-order valence-corrected chi connectivity index (χ3v) is 5.39. The number of tetrazole rings is 1. The molecule has 160 valence electrons. The Morgan fingerprint density at radius 2 is 1.77 bits per heavy atom. The van der Waals surface area contributed by atoms with E-state index in [2.05, 4.69) is 25.4 Å². The lowest BCUT2D eigenvalue weighted by Crippen LogP contribution is -2.52. The Bertz CT molecular complexity index is 1050. The zero-order valence-electron chi connectivity index (χ0n) is 16.9. The van der Waals surface area contributed by atoms with Crippen molar-refractivity contribution in [2.75, 3.05) is 26.2 Å². The van der Waals surface area contributed by atoms with Gasteiger partial charge in [-0.2, -0.15) is 4.80 Å². The molecule has 4 rings (SSSR count). The van der Waals surface area contributed by atoms with Crippen LogP contribution in [0.4, 0.5) is 0 Å². The molecule has 11 heteroatoms. The Kier molecular flexibility index (Phi) is 6.17. The number of piperazine rings is 1. The van der Waals surface area contributed by atoms with Gasteiger partial charge >= 0.3 is 0 Å². The summed E-state index contributed by atoms with van der Waals surface area (Å²) in [6, 6.07) is 6.55. The first-order valence-corrected chi connectivity index (χ1v) is 10.3. The Labute approximate surface area is 183 Å². The smallest absolute Gasteiger partial charge is 0.274 e. The molecule has 0 radical (unpaired) electrons. The van der Waals surface area contributed by atoms with Gasteiger partial charge in [-0.3, -0.25) is 14.6 Å². The summed E-state index contributed by atoms with van der Waals surface area (Å²) in [6.45, 7) is 3.62. The minimum atomic E-state index is -0.559. The number of carbonyl (C=O) groups is 2. The second-order valence-electron chi connectivity index (χ2n) is 7.07. The number of carbonyl (C=O) groups excluding carboxylic acids is 2. The molecule has 1 saturated heterocycles. The summed E-state index contributed by atoms with van der Waals surface area (Å²) in [5, 5.41) is 13.2. The zero-order chi connectivity index (χ0) is 21.8. The summed E-state index contributed by atoms with van der Waals surface area (Å²) in [7, 11) is 0. The van der Waals surface area contributed by atoms with E-state index in [0.717, 1.165) is 5.56 Å². The lowest BCUT2D eigenvalue weighted by molar-refractivity contribution is -0.137.